The van der Waals surface area contributed by atoms with Crippen molar-refractivity contribution in [3.8, 4) is 11.1 Å². The van der Waals surface area contributed by atoms with Gasteiger partial charge < -0.3 is 19.1 Å². The van der Waals surface area contributed by atoms with Gasteiger partial charge in [0, 0.05) is 50.5 Å². The predicted octanol–water partition coefficient (Wildman–Crippen LogP) is 17.8. The Morgan fingerprint density at radius 2 is 1.00 bits per heavy atom. The van der Waals surface area contributed by atoms with Gasteiger partial charge in [0.2, 0.25) is 0 Å². The molecule has 1 aromatic heterocycles. The van der Waals surface area contributed by atoms with Crippen LogP contribution in [0, 0.1) is 0 Å². The van der Waals surface area contributed by atoms with Gasteiger partial charge in [0.05, 0.1) is 17.1 Å². The van der Waals surface area contributed by atoms with Crippen molar-refractivity contribution in [2.24, 2.45) is 0 Å². The maximum Gasteiger partial charge on any atom is 0.252 e. The molecule has 0 N–H and O–H groups in total. The molecule has 0 spiro atoms. The van der Waals surface area contributed by atoms with E-state index in [4.69, 9.17) is 4.42 Å². The lowest BCUT2D eigenvalue weighted by Gasteiger charge is -2.46. The van der Waals surface area contributed by atoms with E-state index in [2.05, 4.69) is 285 Å². The molecule has 366 valence electrons. The largest absolute Gasteiger partial charge is 0.454 e. The number of benzene rings is 9. The Hall–Kier alpha value is -7.76. The molecule has 0 amide bonds. The average molecular weight is 964 g/mol. The quantitative estimate of drug-likeness (QED) is 0.148. The Labute approximate surface area is 439 Å². The molecule has 0 radical (unpaired) electrons. The number of rotatable bonds is 7. The lowest BCUT2D eigenvalue weighted by Crippen LogP contribution is -2.61. The number of anilines is 9. The van der Waals surface area contributed by atoms with Gasteiger partial charge in [-0.1, -0.05) is 204 Å². The summed E-state index contributed by atoms with van der Waals surface area (Å²) in [5.74, 6) is 0.385. The zero-order valence-corrected chi connectivity index (χ0v) is 44.9. The van der Waals surface area contributed by atoms with Gasteiger partial charge in [-0.3, -0.25) is 0 Å². The van der Waals surface area contributed by atoms with Crippen LogP contribution in [0.15, 0.2) is 199 Å². The van der Waals surface area contributed by atoms with Crippen LogP contribution in [0.4, 0.5) is 51.2 Å². The van der Waals surface area contributed by atoms with Crippen LogP contribution in [0.2, 0.25) is 0 Å². The summed E-state index contributed by atoms with van der Waals surface area (Å²) in [5, 5.41) is 2.20. The van der Waals surface area contributed by atoms with Crippen molar-refractivity contribution in [2.45, 2.75) is 98.3 Å². The summed E-state index contributed by atoms with van der Waals surface area (Å²) in [6.07, 6.45) is 0. The first-order chi connectivity index (χ1) is 35.4. The van der Waals surface area contributed by atoms with Crippen LogP contribution in [0.1, 0.15) is 104 Å². The Bertz CT molecular complexity index is 3770. The van der Waals surface area contributed by atoms with E-state index in [9.17, 15) is 0 Å². The fourth-order valence-corrected chi connectivity index (χ4v) is 11.6. The van der Waals surface area contributed by atoms with E-state index in [0.717, 1.165) is 61.8 Å². The standard InChI is InChI=1S/C69H66BN3O/c1-44(2)45-28-34-50(35-29-45)71(61-26-19-24-55-54-23-16-18-27-64(54)74-66(55)61)52-42-62-65-63(43-52)73(58-25-17-15-22-53(58)46-20-13-12-14-21-46)60-39-33-49(69(9,10)11)41-57(60)70(65)56-40-48(68(6,7)8)32-38-59(56)72(62)51-36-30-47(31-37-51)67(3,4)5/h12-44H,1-11H3. The molecule has 0 saturated heterocycles. The highest BCUT2D eigenvalue weighted by molar-refractivity contribution is 7.00. The van der Waals surface area contributed by atoms with Gasteiger partial charge in [0.15, 0.2) is 5.58 Å². The van der Waals surface area contributed by atoms with Crippen LogP contribution in [0.3, 0.4) is 0 Å². The molecule has 0 saturated carbocycles. The maximum absolute atomic E-state index is 6.96. The predicted molar refractivity (Wildman–Crippen MR) is 318 cm³/mol. The molecule has 5 heteroatoms. The van der Waals surface area contributed by atoms with E-state index in [0.29, 0.717) is 5.92 Å². The Morgan fingerprint density at radius 1 is 0.446 bits per heavy atom. The third-order valence-electron chi connectivity index (χ3n) is 15.7. The van der Waals surface area contributed by atoms with Crippen molar-refractivity contribution in [3.05, 3.63) is 216 Å². The van der Waals surface area contributed by atoms with Crippen LogP contribution in [0.5, 0.6) is 0 Å². The lowest BCUT2D eigenvalue weighted by atomic mass is 9.33. The minimum Gasteiger partial charge on any atom is -0.454 e. The first-order valence-corrected chi connectivity index (χ1v) is 26.6. The highest BCUT2D eigenvalue weighted by Crippen LogP contribution is 2.51. The molecular formula is C69H66BN3O. The lowest BCUT2D eigenvalue weighted by molar-refractivity contribution is 0.590. The van der Waals surface area contributed by atoms with Crippen molar-refractivity contribution < 1.29 is 4.42 Å². The number of hydrogen-bond acceptors (Lipinski definition) is 4. The molecule has 0 aliphatic carbocycles. The molecule has 0 bridgehead atoms. The average Bonchev–Trinajstić information content (AvgIpc) is 3.84. The summed E-state index contributed by atoms with van der Waals surface area (Å²) in [5.41, 5.74) is 23.1. The van der Waals surface area contributed by atoms with Gasteiger partial charge in [-0.25, -0.2) is 0 Å². The smallest absolute Gasteiger partial charge is 0.252 e. The van der Waals surface area contributed by atoms with Crippen molar-refractivity contribution in [1.82, 2.24) is 0 Å². The van der Waals surface area contributed by atoms with E-state index >= 15 is 0 Å². The van der Waals surface area contributed by atoms with Crippen LogP contribution in [0.25, 0.3) is 33.1 Å². The summed E-state index contributed by atoms with van der Waals surface area (Å²) >= 11 is 0. The maximum atomic E-state index is 6.96. The minimum atomic E-state index is -0.0797. The molecule has 2 aliphatic rings. The van der Waals surface area contributed by atoms with Crippen molar-refractivity contribution in [3.63, 3.8) is 0 Å². The molecule has 2 aliphatic heterocycles. The zero-order chi connectivity index (χ0) is 51.4. The normalized spacial score (nSPS) is 13.4. The molecule has 12 rings (SSSR count). The molecule has 74 heavy (non-hydrogen) atoms. The second-order valence-electron chi connectivity index (χ2n) is 24.1. The van der Waals surface area contributed by atoms with Crippen molar-refractivity contribution in [2.75, 3.05) is 14.7 Å². The monoisotopic (exact) mass is 964 g/mol. The zero-order valence-electron chi connectivity index (χ0n) is 44.9. The van der Waals surface area contributed by atoms with Gasteiger partial charge in [0.1, 0.15) is 5.58 Å². The summed E-state index contributed by atoms with van der Waals surface area (Å²) in [6.45, 7) is 25.4. The van der Waals surface area contributed by atoms with E-state index in [1.807, 2.05) is 0 Å². The fourth-order valence-electron chi connectivity index (χ4n) is 11.6. The first kappa shape index (κ1) is 47.3. The summed E-state index contributed by atoms with van der Waals surface area (Å²) in [6, 6.07) is 73.0. The molecule has 0 fully saturated rings. The number of nitrogens with zero attached hydrogens (tertiary/aromatic N) is 3. The van der Waals surface area contributed by atoms with Gasteiger partial charge in [-0.05, 0) is 133 Å². The van der Waals surface area contributed by atoms with Crippen LogP contribution < -0.4 is 31.1 Å². The van der Waals surface area contributed by atoms with Crippen LogP contribution >= 0.6 is 0 Å². The molecule has 4 nitrogen and oxygen atoms in total. The fraction of sp³-hybridized carbons (Fsp3) is 0.217. The highest BCUT2D eigenvalue weighted by atomic mass is 16.3. The molecule has 0 atom stereocenters. The third-order valence-corrected chi connectivity index (χ3v) is 15.7. The molecule has 3 heterocycles. The van der Waals surface area contributed by atoms with E-state index in [1.165, 1.54) is 61.1 Å². The highest BCUT2D eigenvalue weighted by Gasteiger charge is 2.45. The second kappa shape index (κ2) is 17.4. The Morgan fingerprint density at radius 3 is 1.64 bits per heavy atom. The van der Waals surface area contributed by atoms with E-state index in [-0.39, 0.29) is 23.0 Å². The SMILES string of the molecule is CC(C)c1ccc(N(c2cc3c4c(c2)N(c2ccccc2-c2ccccc2)c2ccc(C(C)(C)C)cc2B4c2cc(C(C)(C)C)ccc2N3c2ccc(C(C)(C)C)cc2)c2cccc3c2oc2ccccc23)cc1. The van der Waals surface area contributed by atoms with Gasteiger partial charge in [0.25, 0.3) is 6.71 Å². The summed E-state index contributed by atoms with van der Waals surface area (Å²) in [7, 11) is 0. The van der Waals surface area contributed by atoms with Crippen LogP contribution in [-0.4, -0.2) is 6.71 Å². The summed E-state index contributed by atoms with van der Waals surface area (Å²) < 4.78 is 6.96. The number of fused-ring (bicyclic) bond motifs is 7. The van der Waals surface area contributed by atoms with E-state index < -0.39 is 0 Å². The van der Waals surface area contributed by atoms with Gasteiger partial charge >= 0.3 is 0 Å². The molecule has 10 aromatic rings. The van der Waals surface area contributed by atoms with Crippen molar-refractivity contribution >= 4 is 96.2 Å². The second-order valence-corrected chi connectivity index (χ2v) is 24.1. The first-order valence-electron chi connectivity index (χ1n) is 26.6. The van der Waals surface area contributed by atoms with Crippen LogP contribution in [-0.2, 0) is 16.2 Å². The number of furan rings is 1. The number of para-hydroxylation sites is 3. The minimum absolute atomic E-state index is 0.00542. The third kappa shape index (κ3) is 7.91. The molecule has 9 aromatic carbocycles. The van der Waals surface area contributed by atoms with Crippen molar-refractivity contribution in [1.29, 1.82) is 0 Å². The molecule has 0 unspecified atom stereocenters. The van der Waals surface area contributed by atoms with Gasteiger partial charge in [-0.2, -0.15) is 0 Å². The number of hydrogen-bond donors (Lipinski definition) is 0. The topological polar surface area (TPSA) is 22.9 Å². The van der Waals surface area contributed by atoms with E-state index in [1.54, 1.807) is 0 Å². The molecular weight excluding hydrogens is 898 g/mol. The van der Waals surface area contributed by atoms with Gasteiger partial charge in [-0.15, -0.1) is 0 Å². The Balaban J connectivity index is 1.24. The Kier molecular flexibility index (Phi) is 11.1. The summed E-state index contributed by atoms with van der Waals surface area (Å²) in [4.78, 5) is 7.60.